The number of carboxylic acid groups (broad SMARTS) is 2. The van der Waals surface area contributed by atoms with Crippen molar-refractivity contribution in [3.05, 3.63) is 71.3 Å². The number of aliphatic carboxylic acids is 1. The second kappa shape index (κ2) is 5.79. The highest BCUT2D eigenvalue weighted by atomic mass is 16.4. The van der Waals surface area contributed by atoms with Crippen LogP contribution in [-0.2, 0) is 10.2 Å². The van der Waals surface area contributed by atoms with Gasteiger partial charge in [0.05, 0.1) is 12.0 Å². The molecule has 2 aromatic carbocycles. The summed E-state index contributed by atoms with van der Waals surface area (Å²) in [6.07, 6.45) is -0.111. The highest BCUT2D eigenvalue weighted by Gasteiger charge is 2.32. The number of aromatic carboxylic acids is 1. The van der Waals surface area contributed by atoms with E-state index in [1.807, 2.05) is 37.3 Å². The lowest BCUT2D eigenvalue weighted by Gasteiger charge is -2.29. The number of carboxylic acids is 2. The SMILES string of the molecule is CC(CC(=O)O)(c1ccccc1)c1cccc(C(=O)O)c1. The molecule has 0 spiro atoms. The normalized spacial score (nSPS) is 13.4. The van der Waals surface area contributed by atoms with Gasteiger partial charge in [0.1, 0.15) is 0 Å². The van der Waals surface area contributed by atoms with E-state index in [0.29, 0.717) is 5.56 Å². The molecule has 0 heterocycles. The Morgan fingerprint density at radius 2 is 1.57 bits per heavy atom. The molecule has 4 heteroatoms. The standard InChI is InChI=1S/C17H16O4/c1-17(11-15(18)19,13-7-3-2-4-8-13)14-9-5-6-12(10-14)16(20)21/h2-10H,11H2,1H3,(H,18,19)(H,20,21). The van der Waals surface area contributed by atoms with Crippen LogP contribution < -0.4 is 0 Å². The Bertz CT molecular complexity index is 664. The fourth-order valence-corrected chi connectivity index (χ4v) is 2.47. The summed E-state index contributed by atoms with van der Waals surface area (Å²) in [6.45, 7) is 1.82. The minimum absolute atomic E-state index is 0.111. The van der Waals surface area contributed by atoms with E-state index in [1.54, 1.807) is 12.1 Å². The predicted octanol–water partition coefficient (Wildman–Crippen LogP) is 3.17. The number of carbonyl (C=O) groups is 2. The van der Waals surface area contributed by atoms with Crippen molar-refractivity contribution >= 4 is 11.9 Å². The lowest BCUT2D eigenvalue weighted by Crippen LogP contribution is -2.27. The second-order valence-electron chi connectivity index (χ2n) is 5.15. The molecule has 0 fully saturated rings. The predicted molar refractivity (Wildman–Crippen MR) is 78.6 cm³/mol. The quantitative estimate of drug-likeness (QED) is 0.884. The smallest absolute Gasteiger partial charge is 0.335 e. The van der Waals surface area contributed by atoms with Crippen molar-refractivity contribution < 1.29 is 19.8 Å². The summed E-state index contributed by atoms with van der Waals surface area (Å²) in [4.78, 5) is 22.4. The van der Waals surface area contributed by atoms with Crippen LogP contribution >= 0.6 is 0 Å². The van der Waals surface area contributed by atoms with Gasteiger partial charge in [0.15, 0.2) is 0 Å². The average molecular weight is 284 g/mol. The molecule has 0 aliphatic rings. The molecule has 2 N–H and O–H groups in total. The molecule has 2 rings (SSSR count). The van der Waals surface area contributed by atoms with Crippen LogP contribution in [0, 0.1) is 0 Å². The van der Waals surface area contributed by atoms with Crippen LogP contribution in [0.4, 0.5) is 0 Å². The molecule has 108 valence electrons. The number of rotatable bonds is 5. The van der Waals surface area contributed by atoms with Gasteiger partial charge in [-0.25, -0.2) is 4.79 Å². The molecule has 1 atom stereocenters. The van der Waals surface area contributed by atoms with Crippen LogP contribution in [0.2, 0.25) is 0 Å². The van der Waals surface area contributed by atoms with E-state index in [0.717, 1.165) is 5.56 Å². The van der Waals surface area contributed by atoms with Gasteiger partial charge in [0, 0.05) is 5.41 Å². The van der Waals surface area contributed by atoms with Crippen LogP contribution in [0.3, 0.4) is 0 Å². The zero-order valence-electron chi connectivity index (χ0n) is 11.6. The first-order chi connectivity index (χ1) is 9.93. The molecule has 4 nitrogen and oxygen atoms in total. The number of hydrogen-bond acceptors (Lipinski definition) is 2. The van der Waals surface area contributed by atoms with E-state index in [2.05, 4.69) is 0 Å². The summed E-state index contributed by atoms with van der Waals surface area (Å²) in [5, 5.41) is 18.3. The van der Waals surface area contributed by atoms with Crippen molar-refractivity contribution in [2.75, 3.05) is 0 Å². The van der Waals surface area contributed by atoms with Crippen LogP contribution in [-0.4, -0.2) is 22.2 Å². The third kappa shape index (κ3) is 3.11. The fourth-order valence-electron chi connectivity index (χ4n) is 2.47. The maximum absolute atomic E-state index is 11.3. The minimum Gasteiger partial charge on any atom is -0.481 e. The molecule has 0 aliphatic carbocycles. The Morgan fingerprint density at radius 3 is 2.14 bits per heavy atom. The maximum atomic E-state index is 11.3. The van der Waals surface area contributed by atoms with Gasteiger partial charge < -0.3 is 10.2 Å². The summed E-state index contributed by atoms with van der Waals surface area (Å²) in [5.74, 6) is -1.95. The van der Waals surface area contributed by atoms with Crippen molar-refractivity contribution in [1.82, 2.24) is 0 Å². The molecular weight excluding hydrogens is 268 g/mol. The van der Waals surface area contributed by atoms with Gasteiger partial charge in [0.25, 0.3) is 0 Å². The molecule has 0 amide bonds. The lowest BCUT2D eigenvalue weighted by atomic mass is 9.73. The van der Waals surface area contributed by atoms with Crippen LogP contribution in [0.1, 0.15) is 34.8 Å². The Kier molecular flexibility index (Phi) is 4.08. The van der Waals surface area contributed by atoms with E-state index in [-0.39, 0.29) is 12.0 Å². The third-order valence-electron chi connectivity index (χ3n) is 3.66. The molecule has 2 aromatic rings. The van der Waals surface area contributed by atoms with Gasteiger partial charge in [0.2, 0.25) is 0 Å². The monoisotopic (exact) mass is 284 g/mol. The first kappa shape index (κ1) is 14.8. The van der Waals surface area contributed by atoms with Crippen molar-refractivity contribution in [1.29, 1.82) is 0 Å². The summed E-state index contributed by atoms with van der Waals surface area (Å²) in [6, 6.07) is 15.7. The van der Waals surface area contributed by atoms with Crippen molar-refractivity contribution in [2.24, 2.45) is 0 Å². The van der Waals surface area contributed by atoms with Gasteiger partial charge in [-0.2, -0.15) is 0 Å². The highest BCUT2D eigenvalue weighted by Crippen LogP contribution is 2.35. The van der Waals surface area contributed by atoms with Crippen molar-refractivity contribution in [3.8, 4) is 0 Å². The van der Waals surface area contributed by atoms with Crippen molar-refractivity contribution in [3.63, 3.8) is 0 Å². The van der Waals surface area contributed by atoms with Crippen LogP contribution in [0.25, 0.3) is 0 Å². The lowest BCUT2D eigenvalue weighted by molar-refractivity contribution is -0.138. The van der Waals surface area contributed by atoms with E-state index >= 15 is 0 Å². The second-order valence-corrected chi connectivity index (χ2v) is 5.15. The average Bonchev–Trinajstić information content (AvgIpc) is 2.47. The molecular formula is C17H16O4. The minimum atomic E-state index is -1.03. The third-order valence-corrected chi connectivity index (χ3v) is 3.66. The molecule has 21 heavy (non-hydrogen) atoms. The largest absolute Gasteiger partial charge is 0.481 e. The topological polar surface area (TPSA) is 74.6 Å². The summed E-state index contributed by atoms with van der Waals surface area (Å²) in [5.41, 5.74) is 0.893. The fraction of sp³-hybridized carbons (Fsp3) is 0.176. The van der Waals surface area contributed by atoms with Gasteiger partial charge >= 0.3 is 11.9 Å². The van der Waals surface area contributed by atoms with Gasteiger partial charge in [-0.05, 0) is 23.3 Å². The summed E-state index contributed by atoms with van der Waals surface area (Å²) >= 11 is 0. The van der Waals surface area contributed by atoms with E-state index < -0.39 is 17.4 Å². The first-order valence-electron chi connectivity index (χ1n) is 6.54. The zero-order valence-corrected chi connectivity index (χ0v) is 11.6. The van der Waals surface area contributed by atoms with Crippen LogP contribution in [0.15, 0.2) is 54.6 Å². The Balaban J connectivity index is 2.58. The summed E-state index contributed by atoms with van der Waals surface area (Å²) < 4.78 is 0. The maximum Gasteiger partial charge on any atom is 0.335 e. The van der Waals surface area contributed by atoms with Gasteiger partial charge in [-0.15, -0.1) is 0 Å². The first-order valence-corrected chi connectivity index (χ1v) is 6.54. The summed E-state index contributed by atoms with van der Waals surface area (Å²) in [7, 11) is 0. The van der Waals surface area contributed by atoms with E-state index in [9.17, 15) is 14.7 Å². The Labute approximate surface area is 122 Å². The van der Waals surface area contributed by atoms with Gasteiger partial charge in [-0.3, -0.25) is 4.79 Å². The highest BCUT2D eigenvalue weighted by molar-refractivity contribution is 5.88. The number of benzene rings is 2. The molecule has 1 unspecified atom stereocenters. The van der Waals surface area contributed by atoms with Gasteiger partial charge in [-0.1, -0.05) is 49.4 Å². The Hall–Kier alpha value is -2.62. The van der Waals surface area contributed by atoms with E-state index in [1.165, 1.54) is 12.1 Å². The van der Waals surface area contributed by atoms with Crippen LogP contribution in [0.5, 0.6) is 0 Å². The molecule has 0 bridgehead atoms. The Morgan fingerprint density at radius 1 is 0.952 bits per heavy atom. The molecule has 0 aromatic heterocycles. The molecule has 0 saturated carbocycles. The zero-order chi connectivity index (χ0) is 15.5. The van der Waals surface area contributed by atoms with E-state index in [4.69, 9.17) is 5.11 Å². The molecule has 0 aliphatic heterocycles. The number of hydrogen-bond donors (Lipinski definition) is 2. The molecule has 0 radical (unpaired) electrons. The van der Waals surface area contributed by atoms with Crippen molar-refractivity contribution in [2.45, 2.75) is 18.8 Å². The molecule has 0 saturated heterocycles.